The van der Waals surface area contributed by atoms with E-state index in [2.05, 4.69) is 22.5 Å². The summed E-state index contributed by atoms with van der Waals surface area (Å²) in [4.78, 5) is 54.2. The number of amides is 4. The maximum absolute atomic E-state index is 13.6. The van der Waals surface area contributed by atoms with E-state index in [-0.39, 0.29) is 11.8 Å². The largest absolute Gasteiger partial charge is 0.343 e. The lowest BCUT2D eigenvalue weighted by Crippen LogP contribution is -2.63. The molecule has 2 aliphatic rings. The Labute approximate surface area is 195 Å². The second-order valence-electron chi connectivity index (χ2n) is 8.81. The molecule has 1 aromatic carbocycles. The molecule has 33 heavy (non-hydrogen) atoms. The van der Waals surface area contributed by atoms with Crippen LogP contribution < -0.4 is 16.0 Å². The van der Waals surface area contributed by atoms with Crippen molar-refractivity contribution in [3.63, 3.8) is 0 Å². The third-order valence-corrected chi connectivity index (χ3v) is 6.27. The fourth-order valence-corrected chi connectivity index (χ4v) is 4.40. The van der Waals surface area contributed by atoms with Crippen LogP contribution in [0, 0.1) is 0 Å². The van der Waals surface area contributed by atoms with Gasteiger partial charge in [-0.15, -0.1) is 6.58 Å². The minimum Gasteiger partial charge on any atom is -0.343 e. The topological polar surface area (TPSA) is 108 Å². The number of hydrogen-bond donors (Lipinski definition) is 3. The number of nitrogens with zero attached hydrogens (tertiary/aromatic N) is 1. The predicted octanol–water partition coefficient (Wildman–Crippen LogP) is 1.45. The zero-order valence-electron chi connectivity index (χ0n) is 19.2. The summed E-state index contributed by atoms with van der Waals surface area (Å²) >= 11 is 0. The van der Waals surface area contributed by atoms with Crippen molar-refractivity contribution in [3.05, 3.63) is 48.6 Å². The van der Waals surface area contributed by atoms with Gasteiger partial charge in [0.15, 0.2) is 0 Å². The molecule has 0 bridgehead atoms. The van der Waals surface area contributed by atoms with Crippen LogP contribution in [0.15, 0.2) is 43.0 Å². The predicted molar refractivity (Wildman–Crippen MR) is 125 cm³/mol. The van der Waals surface area contributed by atoms with Crippen LogP contribution >= 0.6 is 0 Å². The number of nitrogens with one attached hydrogen (secondary N) is 3. The van der Waals surface area contributed by atoms with Crippen molar-refractivity contribution in [3.8, 4) is 0 Å². The number of carbonyl (C=O) groups is 4. The van der Waals surface area contributed by atoms with E-state index in [0.717, 1.165) is 18.4 Å². The van der Waals surface area contributed by atoms with Crippen LogP contribution in [0.5, 0.6) is 0 Å². The average Bonchev–Trinajstić information content (AvgIpc) is 2.82. The number of fused-ring (bicyclic) bond motifs is 1. The molecule has 0 aromatic heterocycles. The summed E-state index contributed by atoms with van der Waals surface area (Å²) in [6, 6.07) is 6.34. The van der Waals surface area contributed by atoms with Gasteiger partial charge in [-0.25, -0.2) is 0 Å². The summed E-state index contributed by atoms with van der Waals surface area (Å²) in [6.45, 7) is 5.72. The molecular formula is C25H34N4O4. The summed E-state index contributed by atoms with van der Waals surface area (Å²) in [5.41, 5.74) is 0.903. The van der Waals surface area contributed by atoms with Gasteiger partial charge < -0.3 is 20.9 Å². The third kappa shape index (κ3) is 6.43. The number of rotatable bonds is 6. The monoisotopic (exact) mass is 454 g/mol. The van der Waals surface area contributed by atoms with E-state index in [1.165, 1.54) is 0 Å². The molecule has 2 fully saturated rings. The molecular weight excluding hydrogens is 420 g/mol. The van der Waals surface area contributed by atoms with Crippen LogP contribution in [-0.2, 0) is 25.6 Å². The molecule has 0 aliphatic carbocycles. The van der Waals surface area contributed by atoms with Crippen molar-refractivity contribution in [2.45, 2.75) is 76.0 Å². The Morgan fingerprint density at radius 2 is 1.70 bits per heavy atom. The van der Waals surface area contributed by atoms with Crippen molar-refractivity contribution in [2.75, 3.05) is 6.54 Å². The minimum absolute atomic E-state index is 0.269. The Bertz CT molecular complexity index is 872. The van der Waals surface area contributed by atoms with Gasteiger partial charge in [0, 0.05) is 13.0 Å². The Morgan fingerprint density at radius 3 is 2.42 bits per heavy atom. The molecule has 4 atom stereocenters. The number of benzene rings is 1. The van der Waals surface area contributed by atoms with E-state index >= 15 is 0 Å². The number of piperidine rings is 1. The highest BCUT2D eigenvalue weighted by atomic mass is 16.2. The van der Waals surface area contributed by atoms with Crippen LogP contribution in [0.1, 0.15) is 51.0 Å². The van der Waals surface area contributed by atoms with Crippen LogP contribution in [0.3, 0.4) is 0 Å². The first-order valence-corrected chi connectivity index (χ1v) is 11.8. The number of allylic oxidation sites excluding steroid dienone is 1. The molecule has 0 spiro atoms. The Balaban J connectivity index is 1.89. The van der Waals surface area contributed by atoms with Gasteiger partial charge in [-0.1, -0.05) is 36.4 Å². The third-order valence-electron chi connectivity index (χ3n) is 6.27. The number of hydrogen-bond acceptors (Lipinski definition) is 4. The van der Waals surface area contributed by atoms with Crippen LogP contribution in [0.25, 0.3) is 0 Å². The van der Waals surface area contributed by atoms with Crippen molar-refractivity contribution in [1.82, 2.24) is 20.9 Å². The van der Waals surface area contributed by atoms with Crippen molar-refractivity contribution >= 4 is 23.6 Å². The SMILES string of the molecule is C=CCCC[C@@H]1NC(=O)[C@H]2CCCCN2C(=O)[C@H](Cc2ccccc2)NC(=O)[C@@H](C)NC1=O. The van der Waals surface area contributed by atoms with E-state index < -0.39 is 36.0 Å². The first kappa shape index (κ1) is 24.5. The molecule has 0 unspecified atom stereocenters. The van der Waals surface area contributed by atoms with E-state index in [1.54, 1.807) is 17.9 Å². The second kappa shape index (κ2) is 11.6. The summed E-state index contributed by atoms with van der Waals surface area (Å²) in [6.07, 6.45) is 6.03. The molecule has 8 nitrogen and oxygen atoms in total. The van der Waals surface area contributed by atoms with Crippen LogP contribution in [0.2, 0.25) is 0 Å². The van der Waals surface area contributed by atoms with Crippen molar-refractivity contribution < 1.29 is 19.2 Å². The molecule has 8 heteroatoms. The van der Waals surface area contributed by atoms with Gasteiger partial charge in [-0.3, -0.25) is 19.2 Å². The van der Waals surface area contributed by atoms with E-state index in [4.69, 9.17) is 0 Å². The Hall–Kier alpha value is -3.16. The highest BCUT2D eigenvalue weighted by Crippen LogP contribution is 2.20. The molecule has 0 saturated carbocycles. The van der Waals surface area contributed by atoms with E-state index in [1.807, 2.05) is 30.3 Å². The first-order chi connectivity index (χ1) is 15.9. The number of carbonyl (C=O) groups excluding carboxylic acids is 4. The molecule has 3 N–H and O–H groups in total. The Morgan fingerprint density at radius 1 is 0.970 bits per heavy atom. The smallest absolute Gasteiger partial charge is 0.246 e. The molecule has 178 valence electrons. The minimum atomic E-state index is -0.848. The fourth-order valence-electron chi connectivity index (χ4n) is 4.40. The number of unbranched alkanes of at least 4 members (excludes halogenated alkanes) is 1. The average molecular weight is 455 g/mol. The lowest BCUT2D eigenvalue weighted by atomic mass is 9.97. The summed E-state index contributed by atoms with van der Waals surface area (Å²) < 4.78 is 0. The molecule has 2 aliphatic heterocycles. The molecule has 3 rings (SSSR count). The zero-order valence-corrected chi connectivity index (χ0v) is 19.2. The summed E-state index contributed by atoms with van der Waals surface area (Å²) in [5, 5.41) is 8.38. The maximum Gasteiger partial charge on any atom is 0.246 e. The quantitative estimate of drug-likeness (QED) is 0.447. The molecule has 4 amide bonds. The lowest BCUT2D eigenvalue weighted by molar-refractivity contribution is -0.146. The Kier molecular flexibility index (Phi) is 8.63. The molecule has 2 saturated heterocycles. The molecule has 0 radical (unpaired) electrons. The zero-order chi connectivity index (χ0) is 23.8. The van der Waals surface area contributed by atoms with Gasteiger partial charge >= 0.3 is 0 Å². The molecule has 1 aromatic rings. The van der Waals surface area contributed by atoms with Crippen molar-refractivity contribution in [1.29, 1.82) is 0 Å². The van der Waals surface area contributed by atoms with E-state index in [9.17, 15) is 19.2 Å². The van der Waals surface area contributed by atoms with Gasteiger partial charge in [-0.2, -0.15) is 0 Å². The summed E-state index contributed by atoms with van der Waals surface area (Å²) in [5.74, 6) is -1.42. The molecule has 2 heterocycles. The lowest BCUT2D eigenvalue weighted by Gasteiger charge is -2.38. The van der Waals surface area contributed by atoms with Crippen LogP contribution in [0.4, 0.5) is 0 Å². The van der Waals surface area contributed by atoms with Crippen LogP contribution in [-0.4, -0.2) is 59.2 Å². The van der Waals surface area contributed by atoms with Crippen molar-refractivity contribution in [2.24, 2.45) is 0 Å². The second-order valence-corrected chi connectivity index (χ2v) is 8.81. The normalized spacial score (nSPS) is 26.8. The van der Waals surface area contributed by atoms with Gasteiger partial charge in [0.2, 0.25) is 23.6 Å². The highest BCUT2D eigenvalue weighted by molar-refractivity contribution is 5.97. The first-order valence-electron chi connectivity index (χ1n) is 11.8. The van der Waals surface area contributed by atoms with Gasteiger partial charge in [0.25, 0.3) is 0 Å². The van der Waals surface area contributed by atoms with Gasteiger partial charge in [0.1, 0.15) is 24.2 Å². The fraction of sp³-hybridized carbons (Fsp3) is 0.520. The van der Waals surface area contributed by atoms with E-state index in [0.29, 0.717) is 38.6 Å². The maximum atomic E-state index is 13.6. The summed E-state index contributed by atoms with van der Waals surface area (Å²) in [7, 11) is 0. The van der Waals surface area contributed by atoms with Gasteiger partial charge in [0.05, 0.1) is 0 Å². The van der Waals surface area contributed by atoms with Gasteiger partial charge in [-0.05, 0) is 51.0 Å². The highest BCUT2D eigenvalue weighted by Gasteiger charge is 2.38. The standard InChI is InChI=1S/C25H34N4O4/c1-3-4-6-13-19-23(31)26-17(2)22(30)28-20(16-18-11-7-5-8-12-18)25(33)29-15-10-9-14-21(29)24(32)27-19/h3,5,7-8,11-12,17,19-21H,1,4,6,9-10,13-16H2,2H3,(H,26,31)(H,27,32)(H,28,30)/t17-,19+,20+,21-/m1/s1.